The molecule has 1 saturated carbocycles. The van der Waals surface area contributed by atoms with Crippen LogP contribution in [0.4, 0.5) is 0 Å². The van der Waals surface area contributed by atoms with Crippen LogP contribution in [0.15, 0.2) is 30.3 Å². The number of rotatable bonds is 6. The summed E-state index contributed by atoms with van der Waals surface area (Å²) in [5.74, 6) is 0.705. The lowest BCUT2D eigenvalue weighted by atomic mass is 9.99. The number of nitrogens with zero attached hydrogens (tertiary/aromatic N) is 1. The summed E-state index contributed by atoms with van der Waals surface area (Å²) >= 11 is 0. The van der Waals surface area contributed by atoms with Gasteiger partial charge in [-0.2, -0.15) is 0 Å². The first kappa shape index (κ1) is 13.6. The van der Waals surface area contributed by atoms with Gasteiger partial charge in [0.05, 0.1) is 0 Å². The largest absolute Gasteiger partial charge is 0.323 e. The van der Waals surface area contributed by atoms with Crippen LogP contribution in [0.5, 0.6) is 0 Å². The smallest absolute Gasteiger partial charge is 0.0450 e. The predicted octanol–water partition coefficient (Wildman–Crippen LogP) is 3.20. The second-order valence-corrected chi connectivity index (χ2v) is 6.00. The van der Waals surface area contributed by atoms with Crippen LogP contribution in [0.25, 0.3) is 0 Å². The molecule has 100 valence electrons. The quantitative estimate of drug-likeness (QED) is 0.835. The Kier molecular flexibility index (Phi) is 4.41. The monoisotopic (exact) mass is 246 g/mol. The zero-order valence-corrected chi connectivity index (χ0v) is 11.8. The number of hydrogen-bond donors (Lipinski definition) is 1. The molecule has 2 unspecified atom stereocenters. The Bertz CT molecular complexity index is 357. The second-order valence-electron chi connectivity index (χ2n) is 6.00. The molecule has 0 bridgehead atoms. The van der Waals surface area contributed by atoms with Crippen LogP contribution in [-0.4, -0.2) is 23.5 Å². The Morgan fingerprint density at radius 2 is 1.78 bits per heavy atom. The van der Waals surface area contributed by atoms with E-state index in [0.29, 0.717) is 12.0 Å². The Morgan fingerprint density at radius 1 is 1.17 bits per heavy atom. The highest BCUT2D eigenvalue weighted by Crippen LogP contribution is 2.32. The molecule has 0 heterocycles. The van der Waals surface area contributed by atoms with Crippen LogP contribution >= 0.6 is 0 Å². The molecule has 1 aromatic rings. The van der Waals surface area contributed by atoms with E-state index < -0.39 is 0 Å². The highest BCUT2D eigenvalue weighted by Gasteiger charge is 2.34. The second kappa shape index (κ2) is 5.85. The predicted molar refractivity (Wildman–Crippen MR) is 77.4 cm³/mol. The van der Waals surface area contributed by atoms with Crippen molar-refractivity contribution in [3.63, 3.8) is 0 Å². The Morgan fingerprint density at radius 3 is 2.28 bits per heavy atom. The van der Waals surface area contributed by atoms with E-state index in [4.69, 9.17) is 5.73 Å². The van der Waals surface area contributed by atoms with Crippen molar-refractivity contribution in [3.8, 4) is 0 Å². The maximum absolute atomic E-state index is 6.44. The molecular weight excluding hydrogens is 220 g/mol. The van der Waals surface area contributed by atoms with E-state index in [-0.39, 0.29) is 6.04 Å². The van der Waals surface area contributed by atoms with Crippen LogP contribution in [-0.2, 0) is 0 Å². The molecule has 0 aromatic heterocycles. The van der Waals surface area contributed by atoms with Gasteiger partial charge >= 0.3 is 0 Å². The van der Waals surface area contributed by atoms with Gasteiger partial charge in [-0.1, -0.05) is 44.2 Å². The summed E-state index contributed by atoms with van der Waals surface area (Å²) in [4.78, 5) is 2.61. The third kappa shape index (κ3) is 3.33. The minimum Gasteiger partial charge on any atom is -0.323 e. The first-order valence-electron chi connectivity index (χ1n) is 7.16. The maximum Gasteiger partial charge on any atom is 0.0450 e. The molecule has 2 heteroatoms. The fourth-order valence-corrected chi connectivity index (χ4v) is 2.64. The first-order valence-corrected chi connectivity index (χ1v) is 7.16. The van der Waals surface area contributed by atoms with Gasteiger partial charge in [-0.05, 0) is 31.2 Å². The molecule has 1 fully saturated rings. The van der Waals surface area contributed by atoms with Crippen molar-refractivity contribution in [2.75, 3.05) is 6.54 Å². The van der Waals surface area contributed by atoms with Gasteiger partial charge in [0.1, 0.15) is 0 Å². The molecule has 0 radical (unpaired) electrons. The lowest BCUT2D eigenvalue weighted by Gasteiger charge is -2.34. The van der Waals surface area contributed by atoms with Gasteiger partial charge in [-0.15, -0.1) is 0 Å². The molecule has 2 N–H and O–H groups in total. The van der Waals surface area contributed by atoms with Crippen molar-refractivity contribution < 1.29 is 0 Å². The third-order valence-electron chi connectivity index (χ3n) is 3.82. The number of nitrogens with two attached hydrogens (primary N) is 1. The molecule has 18 heavy (non-hydrogen) atoms. The molecule has 0 aliphatic heterocycles. The SMILES string of the molecule is CC(C)CN(C1CC1)C(C)C(N)c1ccccc1. The maximum atomic E-state index is 6.44. The molecule has 2 rings (SSSR count). The molecular formula is C16H26N2. The standard InChI is InChI=1S/C16H26N2/c1-12(2)11-18(15-9-10-15)13(3)16(17)14-7-5-4-6-8-14/h4-8,12-13,15-16H,9-11,17H2,1-3H3. The van der Waals surface area contributed by atoms with Crippen LogP contribution in [0.1, 0.15) is 45.2 Å². The van der Waals surface area contributed by atoms with E-state index in [1.54, 1.807) is 0 Å². The lowest BCUT2D eigenvalue weighted by Crippen LogP contribution is -2.44. The molecule has 1 aliphatic carbocycles. The van der Waals surface area contributed by atoms with Crippen molar-refractivity contribution in [1.82, 2.24) is 4.90 Å². The summed E-state index contributed by atoms with van der Waals surface area (Å²) in [6, 6.07) is 11.8. The fraction of sp³-hybridized carbons (Fsp3) is 0.625. The van der Waals surface area contributed by atoms with Crippen molar-refractivity contribution in [2.45, 2.75) is 51.7 Å². The molecule has 0 amide bonds. The molecule has 0 saturated heterocycles. The Labute approximate surface area is 111 Å². The fourth-order valence-electron chi connectivity index (χ4n) is 2.64. The topological polar surface area (TPSA) is 29.3 Å². The lowest BCUT2D eigenvalue weighted by molar-refractivity contribution is 0.155. The van der Waals surface area contributed by atoms with E-state index in [9.17, 15) is 0 Å². The minimum atomic E-state index is 0.116. The highest BCUT2D eigenvalue weighted by molar-refractivity contribution is 5.20. The summed E-state index contributed by atoms with van der Waals surface area (Å²) in [5.41, 5.74) is 7.69. The molecule has 0 spiro atoms. The summed E-state index contributed by atoms with van der Waals surface area (Å²) in [6.07, 6.45) is 2.69. The third-order valence-corrected chi connectivity index (χ3v) is 3.82. The molecule has 1 aliphatic rings. The van der Waals surface area contributed by atoms with Gasteiger partial charge in [0, 0.05) is 24.7 Å². The summed E-state index contributed by atoms with van der Waals surface area (Å²) in [7, 11) is 0. The van der Waals surface area contributed by atoms with E-state index in [2.05, 4.69) is 49.9 Å². The van der Waals surface area contributed by atoms with Gasteiger partial charge in [-0.25, -0.2) is 0 Å². The van der Waals surface area contributed by atoms with Crippen molar-refractivity contribution in [1.29, 1.82) is 0 Å². The van der Waals surface area contributed by atoms with Crippen LogP contribution in [0, 0.1) is 5.92 Å². The van der Waals surface area contributed by atoms with E-state index >= 15 is 0 Å². The highest BCUT2D eigenvalue weighted by atomic mass is 15.2. The average Bonchev–Trinajstić information content (AvgIpc) is 3.19. The van der Waals surface area contributed by atoms with Crippen LogP contribution in [0.3, 0.4) is 0 Å². The van der Waals surface area contributed by atoms with E-state index in [1.165, 1.54) is 18.4 Å². The number of hydrogen-bond acceptors (Lipinski definition) is 2. The summed E-state index contributed by atoms with van der Waals surface area (Å²) < 4.78 is 0. The molecule has 1 aromatic carbocycles. The normalized spacial score (nSPS) is 19.2. The summed E-state index contributed by atoms with van der Waals surface area (Å²) in [5, 5.41) is 0. The van der Waals surface area contributed by atoms with Gasteiger partial charge in [0.2, 0.25) is 0 Å². The Balaban J connectivity index is 2.05. The van der Waals surface area contributed by atoms with Gasteiger partial charge in [0.15, 0.2) is 0 Å². The number of benzene rings is 1. The van der Waals surface area contributed by atoms with Crippen molar-refractivity contribution >= 4 is 0 Å². The van der Waals surface area contributed by atoms with Crippen molar-refractivity contribution in [3.05, 3.63) is 35.9 Å². The van der Waals surface area contributed by atoms with Crippen molar-refractivity contribution in [2.24, 2.45) is 11.7 Å². The first-order chi connectivity index (χ1) is 8.59. The van der Waals surface area contributed by atoms with Gasteiger partial charge in [-0.3, -0.25) is 4.90 Å². The van der Waals surface area contributed by atoms with Gasteiger partial charge < -0.3 is 5.73 Å². The Hall–Kier alpha value is -0.860. The minimum absolute atomic E-state index is 0.116. The zero-order chi connectivity index (χ0) is 13.1. The van der Waals surface area contributed by atoms with Crippen LogP contribution < -0.4 is 5.73 Å². The zero-order valence-electron chi connectivity index (χ0n) is 11.8. The molecule has 2 atom stereocenters. The van der Waals surface area contributed by atoms with E-state index in [0.717, 1.165) is 12.6 Å². The van der Waals surface area contributed by atoms with E-state index in [1.807, 2.05) is 6.07 Å². The summed E-state index contributed by atoms with van der Waals surface area (Å²) in [6.45, 7) is 8.01. The average molecular weight is 246 g/mol. The molecule has 2 nitrogen and oxygen atoms in total. The van der Waals surface area contributed by atoms with Gasteiger partial charge in [0.25, 0.3) is 0 Å². The van der Waals surface area contributed by atoms with Crippen LogP contribution in [0.2, 0.25) is 0 Å².